The van der Waals surface area contributed by atoms with Crippen molar-refractivity contribution >= 4 is 5.78 Å². The molecule has 0 radical (unpaired) electrons. The van der Waals surface area contributed by atoms with E-state index in [1.807, 2.05) is 38.1 Å². The Morgan fingerprint density at radius 1 is 1.18 bits per heavy atom. The molecule has 0 saturated heterocycles. The SMILES string of the molecule is CCCC(=O)C(CCC)Oc1ccc(C)cc1. The van der Waals surface area contributed by atoms with Crippen LogP contribution < -0.4 is 4.74 Å². The van der Waals surface area contributed by atoms with Gasteiger partial charge in [-0.1, -0.05) is 38.0 Å². The summed E-state index contributed by atoms with van der Waals surface area (Å²) >= 11 is 0. The summed E-state index contributed by atoms with van der Waals surface area (Å²) in [5.41, 5.74) is 1.20. The third-order valence-corrected chi connectivity index (χ3v) is 2.71. The van der Waals surface area contributed by atoms with Crippen LogP contribution in [0.2, 0.25) is 0 Å². The predicted octanol–water partition coefficient (Wildman–Crippen LogP) is 3.91. The largest absolute Gasteiger partial charge is 0.483 e. The Labute approximate surface area is 104 Å². The molecule has 1 rings (SSSR count). The maximum atomic E-state index is 11.9. The number of rotatable bonds is 7. The number of ether oxygens (including phenoxy) is 1. The zero-order valence-corrected chi connectivity index (χ0v) is 11.0. The minimum atomic E-state index is -0.275. The second-order valence-electron chi connectivity index (χ2n) is 4.42. The number of carbonyl (C=O) groups is 1. The lowest BCUT2D eigenvalue weighted by atomic mass is 10.1. The normalized spacial score (nSPS) is 12.2. The summed E-state index contributed by atoms with van der Waals surface area (Å²) in [4.78, 5) is 11.9. The van der Waals surface area contributed by atoms with Gasteiger partial charge in [0.25, 0.3) is 0 Å². The lowest BCUT2D eigenvalue weighted by Gasteiger charge is -2.17. The van der Waals surface area contributed by atoms with Gasteiger partial charge in [-0.05, 0) is 31.9 Å². The van der Waals surface area contributed by atoms with Gasteiger partial charge in [0.2, 0.25) is 0 Å². The van der Waals surface area contributed by atoms with E-state index in [0.29, 0.717) is 6.42 Å². The number of benzene rings is 1. The van der Waals surface area contributed by atoms with Crippen molar-refractivity contribution < 1.29 is 9.53 Å². The highest BCUT2D eigenvalue weighted by Crippen LogP contribution is 2.16. The second-order valence-corrected chi connectivity index (χ2v) is 4.42. The summed E-state index contributed by atoms with van der Waals surface area (Å²) < 4.78 is 5.77. The molecule has 1 atom stereocenters. The van der Waals surface area contributed by atoms with Gasteiger partial charge in [-0.2, -0.15) is 0 Å². The first-order valence-corrected chi connectivity index (χ1v) is 6.43. The fraction of sp³-hybridized carbons (Fsp3) is 0.533. The molecule has 0 aliphatic rings. The molecular weight excluding hydrogens is 212 g/mol. The van der Waals surface area contributed by atoms with Gasteiger partial charge in [0.15, 0.2) is 11.9 Å². The van der Waals surface area contributed by atoms with Crippen LogP contribution in [0.25, 0.3) is 0 Å². The Hall–Kier alpha value is -1.31. The molecule has 17 heavy (non-hydrogen) atoms. The summed E-state index contributed by atoms with van der Waals surface area (Å²) in [7, 11) is 0. The number of hydrogen-bond donors (Lipinski definition) is 0. The molecule has 0 saturated carbocycles. The lowest BCUT2D eigenvalue weighted by molar-refractivity contribution is -0.126. The van der Waals surface area contributed by atoms with E-state index in [0.717, 1.165) is 25.0 Å². The number of hydrogen-bond acceptors (Lipinski definition) is 2. The molecule has 0 fully saturated rings. The number of ketones is 1. The average molecular weight is 234 g/mol. The monoisotopic (exact) mass is 234 g/mol. The van der Waals surface area contributed by atoms with Gasteiger partial charge in [-0.25, -0.2) is 0 Å². The average Bonchev–Trinajstić information content (AvgIpc) is 2.31. The fourth-order valence-corrected chi connectivity index (χ4v) is 1.74. The first-order valence-electron chi connectivity index (χ1n) is 6.43. The second kappa shape index (κ2) is 7.10. The number of carbonyl (C=O) groups excluding carboxylic acids is 1. The van der Waals surface area contributed by atoms with Gasteiger partial charge in [-0.3, -0.25) is 4.79 Å². The highest BCUT2D eigenvalue weighted by Gasteiger charge is 2.18. The number of Topliss-reactive ketones (excluding diaryl/α,β-unsaturated/α-hetero) is 1. The molecule has 0 aromatic heterocycles. The van der Waals surface area contributed by atoms with Crippen LogP contribution in [0, 0.1) is 6.92 Å². The van der Waals surface area contributed by atoms with E-state index in [1.54, 1.807) is 0 Å². The Morgan fingerprint density at radius 2 is 1.82 bits per heavy atom. The van der Waals surface area contributed by atoms with Crippen LogP contribution in [0.4, 0.5) is 0 Å². The van der Waals surface area contributed by atoms with Crippen LogP contribution in [0.1, 0.15) is 45.1 Å². The third-order valence-electron chi connectivity index (χ3n) is 2.71. The Bertz CT molecular complexity index is 340. The van der Waals surface area contributed by atoms with Crippen LogP contribution in [0.5, 0.6) is 5.75 Å². The van der Waals surface area contributed by atoms with E-state index >= 15 is 0 Å². The molecular formula is C15H22O2. The number of aryl methyl sites for hydroxylation is 1. The first-order chi connectivity index (χ1) is 8.17. The lowest BCUT2D eigenvalue weighted by Crippen LogP contribution is -2.27. The minimum absolute atomic E-state index is 0.218. The molecule has 0 bridgehead atoms. The minimum Gasteiger partial charge on any atom is -0.483 e. The highest BCUT2D eigenvalue weighted by atomic mass is 16.5. The van der Waals surface area contributed by atoms with Crippen LogP contribution in [0.15, 0.2) is 24.3 Å². The zero-order valence-electron chi connectivity index (χ0n) is 11.0. The van der Waals surface area contributed by atoms with Gasteiger partial charge in [0.05, 0.1) is 0 Å². The van der Waals surface area contributed by atoms with Crippen LogP contribution in [-0.2, 0) is 4.79 Å². The van der Waals surface area contributed by atoms with E-state index in [-0.39, 0.29) is 11.9 Å². The van der Waals surface area contributed by atoms with Gasteiger partial charge in [-0.15, -0.1) is 0 Å². The molecule has 0 spiro atoms. The van der Waals surface area contributed by atoms with Crippen molar-refractivity contribution in [1.29, 1.82) is 0 Å². The Balaban J connectivity index is 2.65. The fourth-order valence-electron chi connectivity index (χ4n) is 1.74. The van der Waals surface area contributed by atoms with Gasteiger partial charge >= 0.3 is 0 Å². The smallest absolute Gasteiger partial charge is 0.173 e. The van der Waals surface area contributed by atoms with Crippen molar-refractivity contribution in [2.45, 2.75) is 52.6 Å². The summed E-state index contributed by atoms with van der Waals surface area (Å²) in [6.45, 7) is 6.13. The van der Waals surface area contributed by atoms with Crippen molar-refractivity contribution in [3.05, 3.63) is 29.8 Å². The van der Waals surface area contributed by atoms with Crippen LogP contribution >= 0.6 is 0 Å². The zero-order chi connectivity index (χ0) is 12.7. The summed E-state index contributed by atoms with van der Waals surface area (Å²) in [6.07, 6.45) is 2.98. The van der Waals surface area contributed by atoms with Gasteiger partial charge in [0, 0.05) is 6.42 Å². The van der Waals surface area contributed by atoms with Gasteiger partial charge < -0.3 is 4.74 Å². The molecule has 1 aromatic rings. The molecule has 0 heterocycles. The highest BCUT2D eigenvalue weighted by molar-refractivity contribution is 5.83. The molecule has 0 N–H and O–H groups in total. The van der Waals surface area contributed by atoms with E-state index in [4.69, 9.17) is 4.74 Å². The predicted molar refractivity (Wildman–Crippen MR) is 70.4 cm³/mol. The summed E-state index contributed by atoms with van der Waals surface area (Å²) in [5, 5.41) is 0. The van der Waals surface area contributed by atoms with E-state index in [1.165, 1.54) is 5.56 Å². The molecule has 2 nitrogen and oxygen atoms in total. The molecule has 1 aromatic carbocycles. The molecule has 0 aliphatic heterocycles. The van der Waals surface area contributed by atoms with E-state index < -0.39 is 0 Å². The Kier molecular flexibility index (Phi) is 5.75. The summed E-state index contributed by atoms with van der Waals surface area (Å²) in [6, 6.07) is 7.86. The molecule has 0 amide bonds. The quantitative estimate of drug-likeness (QED) is 0.715. The van der Waals surface area contributed by atoms with Crippen molar-refractivity contribution in [2.24, 2.45) is 0 Å². The molecule has 1 unspecified atom stereocenters. The first kappa shape index (κ1) is 13.8. The van der Waals surface area contributed by atoms with Crippen LogP contribution in [0.3, 0.4) is 0 Å². The van der Waals surface area contributed by atoms with Crippen molar-refractivity contribution in [2.75, 3.05) is 0 Å². The van der Waals surface area contributed by atoms with Crippen molar-refractivity contribution in [1.82, 2.24) is 0 Å². The van der Waals surface area contributed by atoms with E-state index in [9.17, 15) is 4.79 Å². The third kappa shape index (κ3) is 4.59. The standard InChI is InChI=1S/C15H22O2/c1-4-6-14(16)15(7-5-2)17-13-10-8-12(3)9-11-13/h8-11,15H,4-7H2,1-3H3. The maximum absolute atomic E-state index is 11.9. The van der Waals surface area contributed by atoms with Crippen molar-refractivity contribution in [3.63, 3.8) is 0 Å². The topological polar surface area (TPSA) is 26.3 Å². The summed E-state index contributed by atoms with van der Waals surface area (Å²) in [5.74, 6) is 1.01. The van der Waals surface area contributed by atoms with Crippen LogP contribution in [-0.4, -0.2) is 11.9 Å². The maximum Gasteiger partial charge on any atom is 0.173 e. The molecule has 0 aliphatic carbocycles. The molecule has 2 heteroatoms. The van der Waals surface area contributed by atoms with Crippen molar-refractivity contribution in [3.8, 4) is 5.75 Å². The van der Waals surface area contributed by atoms with E-state index in [2.05, 4.69) is 6.92 Å². The molecule has 94 valence electrons. The van der Waals surface area contributed by atoms with Gasteiger partial charge in [0.1, 0.15) is 5.75 Å². The Morgan fingerprint density at radius 3 is 2.35 bits per heavy atom.